The fourth-order valence-electron chi connectivity index (χ4n) is 2.46. The second-order valence-electron chi connectivity index (χ2n) is 5.58. The number of carboxylic acid groups (broad SMARTS) is 1. The highest BCUT2D eigenvalue weighted by Crippen LogP contribution is 2.32. The van der Waals surface area contributed by atoms with Crippen LogP contribution in [0.4, 0.5) is 26.3 Å². The van der Waals surface area contributed by atoms with Crippen LogP contribution < -0.4 is 5.69 Å². The molecule has 0 unspecified atom stereocenters. The highest BCUT2D eigenvalue weighted by Gasteiger charge is 2.36. The SMILES string of the molecule is O=C(O)c1ccc(C(F)(F)F)c2nn(Cc3ccc(C(F)(F)F)nc3)c(=O)n12. The summed E-state index contributed by atoms with van der Waals surface area (Å²) in [5.74, 6) is -1.66. The summed E-state index contributed by atoms with van der Waals surface area (Å²) >= 11 is 0. The predicted octanol–water partition coefficient (Wildman–Crippen LogP) is 2.68. The lowest BCUT2D eigenvalue weighted by Crippen LogP contribution is -2.25. The third kappa shape index (κ3) is 3.42. The van der Waals surface area contributed by atoms with E-state index in [1.54, 1.807) is 0 Å². The van der Waals surface area contributed by atoms with Gasteiger partial charge in [0, 0.05) is 6.20 Å². The van der Waals surface area contributed by atoms with Gasteiger partial charge in [-0.1, -0.05) is 6.07 Å². The molecule has 0 aliphatic carbocycles. The number of nitrogens with zero attached hydrogens (tertiary/aromatic N) is 4. The normalized spacial score (nSPS) is 12.5. The predicted molar refractivity (Wildman–Crippen MR) is 79.8 cm³/mol. The minimum absolute atomic E-state index is 0.0453. The third-order valence-electron chi connectivity index (χ3n) is 3.70. The number of carboxylic acids is 1. The fraction of sp³-hybridized carbons (Fsp3) is 0.200. The van der Waals surface area contributed by atoms with Crippen LogP contribution in [-0.2, 0) is 18.9 Å². The average Bonchev–Trinajstić information content (AvgIpc) is 2.89. The van der Waals surface area contributed by atoms with E-state index in [9.17, 15) is 35.9 Å². The molecule has 0 fully saturated rings. The molecular weight excluding hydrogens is 398 g/mol. The zero-order chi connectivity index (χ0) is 20.9. The molecule has 0 bridgehead atoms. The van der Waals surface area contributed by atoms with E-state index in [1.165, 1.54) is 0 Å². The number of rotatable bonds is 3. The Morgan fingerprint density at radius 3 is 2.21 bits per heavy atom. The van der Waals surface area contributed by atoms with E-state index in [2.05, 4.69) is 10.1 Å². The standard InChI is InChI=1S/C15H8F6N4O3/c16-14(17,18)8-2-3-9(12(26)27)25-11(8)23-24(13(25)28)6-7-1-4-10(22-5-7)15(19,20)21/h1-5H,6H2,(H,26,27). The van der Waals surface area contributed by atoms with E-state index in [4.69, 9.17) is 5.11 Å². The molecular formula is C15H8F6N4O3. The van der Waals surface area contributed by atoms with Gasteiger partial charge >= 0.3 is 24.0 Å². The Morgan fingerprint density at radius 2 is 1.71 bits per heavy atom. The molecule has 28 heavy (non-hydrogen) atoms. The van der Waals surface area contributed by atoms with Gasteiger partial charge < -0.3 is 5.11 Å². The quantitative estimate of drug-likeness (QED) is 0.676. The van der Waals surface area contributed by atoms with Gasteiger partial charge in [0.05, 0.1) is 6.54 Å². The smallest absolute Gasteiger partial charge is 0.433 e. The van der Waals surface area contributed by atoms with Gasteiger partial charge in [-0.15, -0.1) is 5.10 Å². The Hall–Kier alpha value is -3.38. The average molecular weight is 406 g/mol. The molecule has 3 aromatic heterocycles. The first kappa shape index (κ1) is 19.4. The maximum Gasteiger partial charge on any atom is 0.433 e. The summed E-state index contributed by atoms with van der Waals surface area (Å²) in [6.45, 7) is -0.512. The van der Waals surface area contributed by atoms with Crippen molar-refractivity contribution in [1.82, 2.24) is 19.2 Å². The molecule has 7 nitrogen and oxygen atoms in total. The van der Waals surface area contributed by atoms with Crippen LogP contribution in [0.2, 0.25) is 0 Å². The fourth-order valence-corrected chi connectivity index (χ4v) is 2.46. The molecule has 1 N–H and O–H groups in total. The molecule has 13 heteroatoms. The minimum Gasteiger partial charge on any atom is -0.477 e. The molecule has 3 rings (SSSR count). The van der Waals surface area contributed by atoms with Gasteiger partial charge in [0.2, 0.25) is 0 Å². The second-order valence-corrected chi connectivity index (χ2v) is 5.58. The first-order valence-corrected chi connectivity index (χ1v) is 7.35. The van der Waals surface area contributed by atoms with Gasteiger partial charge in [-0.3, -0.25) is 4.98 Å². The van der Waals surface area contributed by atoms with Gasteiger partial charge in [0.15, 0.2) is 5.65 Å². The summed E-state index contributed by atoms with van der Waals surface area (Å²) in [6.07, 6.45) is -8.80. The minimum atomic E-state index is -4.91. The molecule has 148 valence electrons. The Bertz CT molecular complexity index is 1110. The molecule has 0 atom stereocenters. The van der Waals surface area contributed by atoms with Crippen molar-refractivity contribution < 1.29 is 36.2 Å². The summed E-state index contributed by atoms with van der Waals surface area (Å²) in [4.78, 5) is 26.8. The largest absolute Gasteiger partial charge is 0.477 e. The van der Waals surface area contributed by atoms with E-state index in [0.717, 1.165) is 12.3 Å². The van der Waals surface area contributed by atoms with Crippen LogP contribution in [0, 0.1) is 0 Å². The van der Waals surface area contributed by atoms with Gasteiger partial charge in [-0.2, -0.15) is 26.3 Å². The van der Waals surface area contributed by atoms with Gasteiger partial charge in [0.25, 0.3) is 0 Å². The summed E-state index contributed by atoms with van der Waals surface area (Å²) in [5, 5.41) is 12.6. The van der Waals surface area contributed by atoms with E-state index in [0.29, 0.717) is 22.9 Å². The summed E-state index contributed by atoms with van der Waals surface area (Å²) in [7, 11) is 0. The van der Waals surface area contributed by atoms with Gasteiger partial charge in [-0.05, 0) is 23.8 Å². The maximum absolute atomic E-state index is 13.1. The van der Waals surface area contributed by atoms with E-state index in [-0.39, 0.29) is 9.96 Å². The van der Waals surface area contributed by atoms with E-state index in [1.807, 2.05) is 0 Å². The second kappa shape index (κ2) is 6.35. The first-order valence-electron chi connectivity index (χ1n) is 7.35. The van der Waals surface area contributed by atoms with Crippen molar-refractivity contribution in [3.05, 3.63) is 63.5 Å². The monoisotopic (exact) mass is 406 g/mol. The number of alkyl halides is 6. The lowest BCUT2D eigenvalue weighted by molar-refractivity contribution is -0.141. The number of carbonyl (C=O) groups is 1. The van der Waals surface area contributed by atoms with Crippen LogP contribution in [0.25, 0.3) is 5.65 Å². The Kier molecular flexibility index (Phi) is 4.40. The van der Waals surface area contributed by atoms with Crippen LogP contribution in [0.3, 0.4) is 0 Å². The van der Waals surface area contributed by atoms with Crippen molar-refractivity contribution in [3.8, 4) is 0 Å². The number of fused-ring (bicyclic) bond motifs is 1. The van der Waals surface area contributed by atoms with Crippen molar-refractivity contribution >= 4 is 11.6 Å². The van der Waals surface area contributed by atoms with Crippen molar-refractivity contribution in [2.45, 2.75) is 18.9 Å². The van der Waals surface area contributed by atoms with Crippen LogP contribution in [0.1, 0.15) is 27.3 Å². The lowest BCUT2D eigenvalue weighted by atomic mass is 10.2. The van der Waals surface area contributed by atoms with Crippen molar-refractivity contribution in [2.24, 2.45) is 0 Å². The Balaban J connectivity index is 2.12. The van der Waals surface area contributed by atoms with Crippen LogP contribution in [-0.4, -0.2) is 30.2 Å². The number of hydrogen-bond donors (Lipinski definition) is 1. The molecule has 0 spiro atoms. The van der Waals surface area contributed by atoms with E-state index < -0.39 is 53.2 Å². The molecule has 0 aliphatic rings. The van der Waals surface area contributed by atoms with Crippen molar-refractivity contribution in [1.29, 1.82) is 0 Å². The Morgan fingerprint density at radius 1 is 1.04 bits per heavy atom. The lowest BCUT2D eigenvalue weighted by Gasteiger charge is -2.08. The summed E-state index contributed by atoms with van der Waals surface area (Å²) in [5.41, 5.74) is -5.35. The first-order chi connectivity index (χ1) is 12.9. The molecule has 0 amide bonds. The van der Waals surface area contributed by atoms with Crippen molar-refractivity contribution in [2.75, 3.05) is 0 Å². The van der Waals surface area contributed by atoms with E-state index >= 15 is 0 Å². The van der Waals surface area contributed by atoms with Gasteiger partial charge in [0.1, 0.15) is 17.0 Å². The molecule has 0 radical (unpaired) electrons. The van der Waals surface area contributed by atoms with Crippen LogP contribution in [0.5, 0.6) is 0 Å². The highest BCUT2D eigenvalue weighted by atomic mass is 19.4. The molecule has 3 heterocycles. The zero-order valence-corrected chi connectivity index (χ0v) is 13.4. The maximum atomic E-state index is 13.1. The molecule has 0 aromatic carbocycles. The topological polar surface area (TPSA) is 89.5 Å². The Labute approximate surface area is 150 Å². The number of aromatic nitrogens is 4. The van der Waals surface area contributed by atoms with Crippen molar-refractivity contribution in [3.63, 3.8) is 0 Å². The van der Waals surface area contributed by atoms with Gasteiger partial charge in [-0.25, -0.2) is 18.7 Å². The number of halogens is 6. The van der Waals surface area contributed by atoms with Crippen LogP contribution >= 0.6 is 0 Å². The molecule has 0 aliphatic heterocycles. The molecule has 0 saturated heterocycles. The third-order valence-corrected chi connectivity index (χ3v) is 3.70. The van der Waals surface area contributed by atoms with Crippen LogP contribution in [0.15, 0.2) is 35.3 Å². The summed E-state index contributed by atoms with van der Waals surface area (Å²) in [6, 6.07) is 2.72. The highest BCUT2D eigenvalue weighted by molar-refractivity contribution is 5.86. The zero-order valence-electron chi connectivity index (χ0n) is 13.4. The number of pyridine rings is 2. The summed E-state index contributed by atoms with van der Waals surface area (Å²) < 4.78 is 77.8. The molecule has 0 saturated carbocycles. The molecule has 3 aromatic rings. The number of aromatic carboxylic acids is 1. The number of hydrogen-bond acceptors (Lipinski definition) is 4.